The zero-order chi connectivity index (χ0) is 14.5. The second-order valence-corrected chi connectivity index (χ2v) is 5.72. The molecule has 1 atom stereocenters. The molecule has 1 unspecified atom stereocenters. The molecule has 1 N–H and O–H groups in total. The average Bonchev–Trinajstić information content (AvgIpc) is 2.45. The normalized spacial score (nSPS) is 12.4. The van der Waals surface area contributed by atoms with Crippen molar-refractivity contribution in [2.75, 3.05) is 7.05 Å². The van der Waals surface area contributed by atoms with Crippen molar-refractivity contribution in [3.63, 3.8) is 0 Å². The first-order chi connectivity index (χ1) is 9.65. The first kappa shape index (κ1) is 15.4. The zero-order valence-corrected chi connectivity index (χ0v) is 13.3. The molecule has 0 saturated heterocycles. The van der Waals surface area contributed by atoms with E-state index < -0.39 is 0 Å². The molecule has 3 heteroatoms. The molecule has 20 heavy (non-hydrogen) atoms. The first-order valence-corrected chi connectivity index (χ1v) is 7.62. The van der Waals surface area contributed by atoms with Gasteiger partial charge in [0.2, 0.25) is 0 Å². The highest BCUT2D eigenvalue weighted by molar-refractivity contribution is 6.33. The molecule has 0 saturated carbocycles. The Morgan fingerprint density at radius 1 is 1.05 bits per heavy atom. The average molecular weight is 308 g/mol. The quantitative estimate of drug-likeness (QED) is 0.795. The van der Waals surface area contributed by atoms with Crippen LogP contribution in [0.5, 0.6) is 0 Å². The fourth-order valence-corrected chi connectivity index (χ4v) is 2.81. The summed E-state index contributed by atoms with van der Waals surface area (Å²) in [5, 5.41) is 4.74. The van der Waals surface area contributed by atoms with Crippen LogP contribution in [0.15, 0.2) is 42.5 Å². The van der Waals surface area contributed by atoms with E-state index in [1.807, 2.05) is 25.2 Å². The van der Waals surface area contributed by atoms with E-state index in [1.54, 1.807) is 0 Å². The molecule has 0 aliphatic rings. The van der Waals surface area contributed by atoms with E-state index in [0.717, 1.165) is 23.4 Å². The van der Waals surface area contributed by atoms with Crippen LogP contribution in [0.25, 0.3) is 0 Å². The molecule has 2 rings (SSSR count). The van der Waals surface area contributed by atoms with Crippen LogP contribution in [-0.2, 0) is 6.42 Å². The lowest BCUT2D eigenvalue weighted by atomic mass is 9.97. The highest BCUT2D eigenvalue weighted by Crippen LogP contribution is 2.30. The van der Waals surface area contributed by atoms with Crippen molar-refractivity contribution in [3.8, 4) is 0 Å². The SMILES string of the molecule is CCCc1ccc(C(NC)c2cc(Cl)ccc2Cl)cc1. The van der Waals surface area contributed by atoms with Crippen molar-refractivity contribution in [1.82, 2.24) is 5.32 Å². The standard InChI is InChI=1S/C17H19Cl2N/c1-3-4-12-5-7-13(8-6-12)17(20-2)15-11-14(18)9-10-16(15)19/h5-11,17,20H,3-4H2,1-2H3. The van der Waals surface area contributed by atoms with E-state index >= 15 is 0 Å². The molecule has 0 bridgehead atoms. The molecule has 1 nitrogen and oxygen atoms in total. The van der Waals surface area contributed by atoms with Gasteiger partial charge in [0.25, 0.3) is 0 Å². The van der Waals surface area contributed by atoms with Crippen LogP contribution >= 0.6 is 23.2 Å². The van der Waals surface area contributed by atoms with Gasteiger partial charge >= 0.3 is 0 Å². The summed E-state index contributed by atoms with van der Waals surface area (Å²) < 4.78 is 0. The van der Waals surface area contributed by atoms with Crippen LogP contribution in [0.3, 0.4) is 0 Å². The van der Waals surface area contributed by atoms with Crippen LogP contribution in [0, 0.1) is 0 Å². The van der Waals surface area contributed by atoms with E-state index in [2.05, 4.69) is 36.5 Å². The number of rotatable bonds is 5. The van der Waals surface area contributed by atoms with Crippen molar-refractivity contribution in [1.29, 1.82) is 0 Å². The lowest BCUT2D eigenvalue weighted by Gasteiger charge is -2.19. The number of hydrogen-bond donors (Lipinski definition) is 1. The Bertz CT molecular complexity index is 564. The highest BCUT2D eigenvalue weighted by atomic mass is 35.5. The highest BCUT2D eigenvalue weighted by Gasteiger charge is 2.15. The van der Waals surface area contributed by atoms with Crippen LogP contribution in [0.2, 0.25) is 10.0 Å². The zero-order valence-electron chi connectivity index (χ0n) is 11.8. The van der Waals surface area contributed by atoms with Gasteiger partial charge in [-0.1, -0.05) is 60.8 Å². The van der Waals surface area contributed by atoms with Crippen LogP contribution in [-0.4, -0.2) is 7.05 Å². The third-order valence-electron chi connectivity index (χ3n) is 3.41. The molecule has 0 aliphatic heterocycles. The second kappa shape index (κ2) is 7.12. The van der Waals surface area contributed by atoms with Gasteiger partial charge in [0.15, 0.2) is 0 Å². The molecule has 2 aromatic rings. The monoisotopic (exact) mass is 307 g/mol. The minimum Gasteiger partial charge on any atom is -0.309 e. The summed E-state index contributed by atoms with van der Waals surface area (Å²) in [5.74, 6) is 0. The summed E-state index contributed by atoms with van der Waals surface area (Å²) in [7, 11) is 1.93. The smallest absolute Gasteiger partial charge is 0.0589 e. The van der Waals surface area contributed by atoms with E-state index in [4.69, 9.17) is 23.2 Å². The van der Waals surface area contributed by atoms with Gasteiger partial charge in [-0.3, -0.25) is 0 Å². The predicted molar refractivity (Wildman–Crippen MR) is 87.8 cm³/mol. The molecule has 2 aromatic carbocycles. The van der Waals surface area contributed by atoms with Gasteiger partial charge in [-0.25, -0.2) is 0 Å². The summed E-state index contributed by atoms with van der Waals surface area (Å²) in [5.41, 5.74) is 3.56. The van der Waals surface area contributed by atoms with Crippen LogP contribution < -0.4 is 5.32 Å². The minimum absolute atomic E-state index is 0.0527. The molecule has 0 radical (unpaired) electrons. The Morgan fingerprint density at radius 2 is 1.75 bits per heavy atom. The lowest BCUT2D eigenvalue weighted by Crippen LogP contribution is -2.18. The summed E-state index contributed by atoms with van der Waals surface area (Å²) in [6.45, 7) is 2.19. The topological polar surface area (TPSA) is 12.0 Å². The maximum atomic E-state index is 6.30. The number of halogens is 2. The Hall–Kier alpha value is -1.02. The second-order valence-electron chi connectivity index (χ2n) is 4.88. The maximum absolute atomic E-state index is 6.30. The van der Waals surface area contributed by atoms with Gasteiger partial charge in [0.05, 0.1) is 6.04 Å². The largest absolute Gasteiger partial charge is 0.309 e. The van der Waals surface area contributed by atoms with Crippen molar-refractivity contribution < 1.29 is 0 Å². The molecule has 0 spiro atoms. The van der Waals surface area contributed by atoms with Gasteiger partial charge in [0, 0.05) is 10.0 Å². The molecule has 0 aromatic heterocycles. The van der Waals surface area contributed by atoms with Crippen LogP contribution in [0.4, 0.5) is 0 Å². The number of nitrogens with one attached hydrogen (secondary N) is 1. The van der Waals surface area contributed by atoms with Crippen molar-refractivity contribution in [2.24, 2.45) is 0 Å². The predicted octanol–water partition coefficient (Wildman–Crippen LogP) is 5.25. The third-order valence-corrected chi connectivity index (χ3v) is 3.99. The van der Waals surface area contributed by atoms with Crippen molar-refractivity contribution >= 4 is 23.2 Å². The lowest BCUT2D eigenvalue weighted by molar-refractivity contribution is 0.691. The van der Waals surface area contributed by atoms with Crippen molar-refractivity contribution in [2.45, 2.75) is 25.8 Å². The first-order valence-electron chi connectivity index (χ1n) is 6.86. The Kier molecular flexibility index (Phi) is 5.47. The molecule has 106 valence electrons. The third kappa shape index (κ3) is 3.54. The van der Waals surface area contributed by atoms with Gasteiger partial charge < -0.3 is 5.32 Å². The van der Waals surface area contributed by atoms with Gasteiger partial charge in [-0.2, -0.15) is 0 Å². The fourth-order valence-electron chi connectivity index (χ4n) is 2.40. The maximum Gasteiger partial charge on any atom is 0.0589 e. The van der Waals surface area contributed by atoms with Gasteiger partial charge in [-0.15, -0.1) is 0 Å². The number of benzene rings is 2. The molecular weight excluding hydrogens is 289 g/mol. The Labute approximate surface area is 130 Å². The Morgan fingerprint density at radius 3 is 2.35 bits per heavy atom. The van der Waals surface area contributed by atoms with E-state index in [1.165, 1.54) is 11.1 Å². The summed E-state index contributed by atoms with van der Waals surface area (Å²) >= 11 is 12.4. The van der Waals surface area contributed by atoms with Crippen molar-refractivity contribution in [3.05, 3.63) is 69.2 Å². The molecule has 0 heterocycles. The van der Waals surface area contributed by atoms with Gasteiger partial charge in [0.1, 0.15) is 0 Å². The summed E-state index contributed by atoms with van der Waals surface area (Å²) in [6.07, 6.45) is 2.28. The number of hydrogen-bond acceptors (Lipinski definition) is 1. The fraction of sp³-hybridized carbons (Fsp3) is 0.294. The summed E-state index contributed by atoms with van der Waals surface area (Å²) in [4.78, 5) is 0. The minimum atomic E-state index is 0.0527. The molecule has 0 aliphatic carbocycles. The molecular formula is C17H19Cl2N. The molecule has 0 amide bonds. The summed E-state index contributed by atoms with van der Waals surface area (Å²) in [6, 6.07) is 14.3. The van der Waals surface area contributed by atoms with E-state index in [0.29, 0.717) is 5.02 Å². The Balaban J connectivity index is 2.34. The molecule has 0 fully saturated rings. The van der Waals surface area contributed by atoms with Crippen LogP contribution in [0.1, 0.15) is 36.1 Å². The van der Waals surface area contributed by atoms with E-state index in [9.17, 15) is 0 Å². The number of aryl methyl sites for hydroxylation is 1. The van der Waals surface area contributed by atoms with Gasteiger partial charge in [-0.05, 0) is 48.4 Å². The van der Waals surface area contributed by atoms with E-state index in [-0.39, 0.29) is 6.04 Å².